The van der Waals surface area contributed by atoms with Crippen molar-refractivity contribution >= 4 is 17.2 Å². The Balaban J connectivity index is 1.33. The van der Waals surface area contributed by atoms with Gasteiger partial charge in [-0.1, -0.05) is 25.3 Å². The number of thiophene rings is 1. The van der Waals surface area contributed by atoms with E-state index in [9.17, 15) is 4.79 Å². The molecule has 0 spiro atoms. The van der Waals surface area contributed by atoms with E-state index in [0.29, 0.717) is 18.0 Å². The second-order valence-corrected chi connectivity index (χ2v) is 9.22. The molecular weight excluding hydrogens is 316 g/mol. The fourth-order valence-electron chi connectivity index (χ4n) is 5.26. The summed E-state index contributed by atoms with van der Waals surface area (Å²) in [5.74, 6) is 0.871. The highest BCUT2D eigenvalue weighted by atomic mass is 32.1. The lowest BCUT2D eigenvalue weighted by atomic mass is 9.73. The first-order valence-corrected chi connectivity index (χ1v) is 10.7. The maximum absolute atomic E-state index is 12.6. The number of amides is 1. The van der Waals surface area contributed by atoms with Gasteiger partial charge in [-0.3, -0.25) is 4.79 Å². The molecule has 1 saturated carbocycles. The van der Waals surface area contributed by atoms with Crippen molar-refractivity contribution in [3.63, 3.8) is 0 Å². The van der Waals surface area contributed by atoms with Crippen LogP contribution >= 0.6 is 11.3 Å². The minimum absolute atomic E-state index is 0.204. The zero-order chi connectivity index (χ0) is 16.4. The van der Waals surface area contributed by atoms with E-state index in [0.717, 1.165) is 13.0 Å². The summed E-state index contributed by atoms with van der Waals surface area (Å²) in [6, 6.07) is 5.78. The lowest BCUT2D eigenvalue weighted by Gasteiger charge is -2.37. The van der Waals surface area contributed by atoms with Crippen LogP contribution in [0.2, 0.25) is 0 Å². The number of hydrogen-bond acceptors (Lipinski definition) is 3. The molecule has 1 amide bonds. The van der Waals surface area contributed by atoms with E-state index in [1.165, 1.54) is 62.7 Å². The Morgan fingerprint density at radius 3 is 2.62 bits per heavy atom. The van der Waals surface area contributed by atoms with Crippen molar-refractivity contribution in [1.29, 1.82) is 0 Å². The van der Waals surface area contributed by atoms with Gasteiger partial charge < -0.3 is 10.6 Å². The number of nitrogens with one attached hydrogen (secondary N) is 2. The van der Waals surface area contributed by atoms with Crippen molar-refractivity contribution in [3.8, 4) is 0 Å². The van der Waals surface area contributed by atoms with Crippen molar-refractivity contribution in [1.82, 2.24) is 10.6 Å². The van der Waals surface area contributed by atoms with E-state index in [4.69, 9.17) is 0 Å². The average molecular weight is 347 g/mol. The Morgan fingerprint density at radius 2 is 1.96 bits per heavy atom. The van der Waals surface area contributed by atoms with Crippen LogP contribution in [0.15, 0.2) is 17.5 Å². The molecule has 1 aromatic rings. The normalized spacial score (nSPS) is 31.8. The van der Waals surface area contributed by atoms with Crippen molar-refractivity contribution in [2.24, 2.45) is 5.92 Å². The summed E-state index contributed by atoms with van der Waals surface area (Å²) in [5, 5.41) is 9.18. The number of carbonyl (C=O) groups excluding carboxylic acids is 1. The van der Waals surface area contributed by atoms with Gasteiger partial charge in [0, 0.05) is 35.3 Å². The molecule has 3 nitrogen and oxygen atoms in total. The SMILES string of the molecule is O=C(CC1CC2CCC(C1)N2)NCC1(c2cccs2)CCCCC1. The largest absolute Gasteiger partial charge is 0.355 e. The van der Waals surface area contributed by atoms with Gasteiger partial charge >= 0.3 is 0 Å². The maximum atomic E-state index is 12.6. The predicted molar refractivity (Wildman–Crippen MR) is 99.4 cm³/mol. The molecule has 1 aromatic heterocycles. The zero-order valence-corrected chi connectivity index (χ0v) is 15.4. The first-order chi connectivity index (χ1) is 11.7. The maximum Gasteiger partial charge on any atom is 0.220 e. The quantitative estimate of drug-likeness (QED) is 0.846. The van der Waals surface area contributed by atoms with E-state index in [1.54, 1.807) is 0 Å². The van der Waals surface area contributed by atoms with Gasteiger partial charge in [-0.15, -0.1) is 11.3 Å². The van der Waals surface area contributed by atoms with Gasteiger partial charge in [-0.05, 0) is 55.9 Å². The summed E-state index contributed by atoms with van der Waals surface area (Å²) in [4.78, 5) is 14.0. The summed E-state index contributed by atoms with van der Waals surface area (Å²) in [5.41, 5.74) is 0.204. The van der Waals surface area contributed by atoms with Crippen LogP contribution in [0.5, 0.6) is 0 Å². The number of carbonyl (C=O) groups is 1. The lowest BCUT2D eigenvalue weighted by Crippen LogP contribution is -2.43. The molecule has 0 aromatic carbocycles. The van der Waals surface area contributed by atoms with Crippen LogP contribution in [0.3, 0.4) is 0 Å². The standard InChI is InChI=1S/C20H30N2OS/c23-19(13-15-11-16-6-7-17(12-15)22-16)21-14-20(8-2-1-3-9-20)18-5-4-10-24-18/h4-5,10,15-17,22H,1-3,6-9,11-14H2,(H,21,23). The highest BCUT2D eigenvalue weighted by Gasteiger charge is 2.36. The highest BCUT2D eigenvalue weighted by Crippen LogP contribution is 2.41. The van der Waals surface area contributed by atoms with Crippen LogP contribution in [0.25, 0.3) is 0 Å². The number of fused-ring (bicyclic) bond motifs is 2. The second kappa shape index (κ2) is 7.17. The third-order valence-electron chi connectivity index (χ3n) is 6.52. The van der Waals surface area contributed by atoms with Crippen LogP contribution < -0.4 is 10.6 Å². The Morgan fingerprint density at radius 1 is 1.21 bits per heavy atom. The topological polar surface area (TPSA) is 41.1 Å². The molecule has 2 unspecified atom stereocenters. The van der Waals surface area contributed by atoms with Crippen molar-refractivity contribution in [2.45, 2.75) is 81.7 Å². The molecule has 24 heavy (non-hydrogen) atoms. The molecule has 1 aliphatic carbocycles. The van der Waals surface area contributed by atoms with E-state index >= 15 is 0 Å². The Hall–Kier alpha value is -0.870. The number of rotatable bonds is 5. The van der Waals surface area contributed by atoms with Crippen LogP contribution in [0.1, 0.15) is 69.1 Å². The molecule has 4 heteroatoms. The summed E-state index contributed by atoms with van der Waals surface area (Å²) < 4.78 is 0. The van der Waals surface area contributed by atoms with Crippen LogP contribution in [0.4, 0.5) is 0 Å². The number of piperidine rings is 1. The molecule has 0 radical (unpaired) electrons. The van der Waals surface area contributed by atoms with E-state index in [1.807, 2.05) is 11.3 Å². The molecule has 132 valence electrons. The van der Waals surface area contributed by atoms with Gasteiger partial charge in [0.05, 0.1) is 0 Å². The van der Waals surface area contributed by atoms with Gasteiger partial charge in [0.15, 0.2) is 0 Å². The molecule has 2 atom stereocenters. The Labute approximate surface area is 149 Å². The van der Waals surface area contributed by atoms with E-state index in [-0.39, 0.29) is 11.3 Å². The minimum atomic E-state index is 0.204. The lowest BCUT2D eigenvalue weighted by molar-refractivity contribution is -0.122. The average Bonchev–Trinajstić information content (AvgIpc) is 3.24. The van der Waals surface area contributed by atoms with Crippen LogP contribution in [-0.4, -0.2) is 24.5 Å². The van der Waals surface area contributed by atoms with Crippen molar-refractivity contribution in [3.05, 3.63) is 22.4 Å². The van der Waals surface area contributed by atoms with Gasteiger partial charge in [0.2, 0.25) is 5.91 Å². The Bertz CT molecular complexity index is 538. The number of hydrogen-bond donors (Lipinski definition) is 2. The van der Waals surface area contributed by atoms with Crippen molar-refractivity contribution in [2.75, 3.05) is 6.54 Å². The first kappa shape index (κ1) is 16.6. The monoisotopic (exact) mass is 346 g/mol. The molecule has 2 aliphatic heterocycles. The third kappa shape index (κ3) is 3.55. The summed E-state index contributed by atoms with van der Waals surface area (Å²) in [7, 11) is 0. The molecule has 2 saturated heterocycles. The summed E-state index contributed by atoms with van der Waals surface area (Å²) in [6.07, 6.45) is 12.1. The molecule has 3 heterocycles. The molecule has 2 N–H and O–H groups in total. The summed E-state index contributed by atoms with van der Waals surface area (Å²) >= 11 is 1.86. The molecule has 3 aliphatic rings. The smallest absolute Gasteiger partial charge is 0.220 e. The van der Waals surface area contributed by atoms with Crippen molar-refractivity contribution < 1.29 is 4.79 Å². The van der Waals surface area contributed by atoms with Crippen LogP contribution in [-0.2, 0) is 10.2 Å². The fourth-order valence-corrected chi connectivity index (χ4v) is 6.25. The summed E-state index contributed by atoms with van der Waals surface area (Å²) in [6.45, 7) is 0.837. The van der Waals surface area contributed by atoms with Gasteiger partial charge in [0.25, 0.3) is 0 Å². The van der Waals surface area contributed by atoms with E-state index < -0.39 is 0 Å². The first-order valence-electron chi connectivity index (χ1n) is 9.80. The fraction of sp³-hybridized carbons (Fsp3) is 0.750. The van der Waals surface area contributed by atoms with Gasteiger partial charge in [0.1, 0.15) is 0 Å². The molecule has 4 rings (SSSR count). The second-order valence-electron chi connectivity index (χ2n) is 8.27. The minimum Gasteiger partial charge on any atom is -0.355 e. The van der Waals surface area contributed by atoms with Crippen LogP contribution in [0, 0.1) is 5.92 Å². The highest BCUT2D eigenvalue weighted by molar-refractivity contribution is 7.10. The Kier molecular flexibility index (Phi) is 4.95. The van der Waals surface area contributed by atoms with Gasteiger partial charge in [-0.2, -0.15) is 0 Å². The predicted octanol–water partition coefficient (Wildman–Crippen LogP) is 3.99. The third-order valence-corrected chi connectivity index (χ3v) is 7.64. The molecular formula is C20H30N2OS. The zero-order valence-electron chi connectivity index (χ0n) is 14.6. The van der Waals surface area contributed by atoms with Gasteiger partial charge in [-0.25, -0.2) is 0 Å². The van der Waals surface area contributed by atoms with E-state index in [2.05, 4.69) is 28.1 Å². The molecule has 3 fully saturated rings. The molecule has 2 bridgehead atoms.